The molecule has 6 aromatic rings. The number of aromatic nitrogens is 3. The number of pyridine rings is 3. The van der Waals surface area contributed by atoms with Crippen molar-refractivity contribution in [1.29, 1.82) is 0 Å². The molecule has 40 heavy (non-hydrogen) atoms. The molecule has 0 saturated heterocycles. The predicted octanol–water partition coefficient (Wildman–Crippen LogP) is 5.47. The van der Waals surface area contributed by atoms with Gasteiger partial charge in [0.25, 0.3) is 0 Å². The Morgan fingerprint density at radius 3 is 0.975 bits per heavy atom. The number of methoxy groups -OCH3 is 3. The molecule has 3 radical (unpaired) electrons. The fraction of sp³-hybridized carbons (Fsp3) is 0.100. The van der Waals surface area contributed by atoms with Crippen LogP contribution in [0.1, 0.15) is 0 Å². The summed E-state index contributed by atoms with van der Waals surface area (Å²) in [6.45, 7) is 0. The second kappa shape index (κ2) is 13.9. The topological polar surface area (TPSA) is 127 Å². The number of nitrogens with zero attached hydrogens (tertiary/aromatic N) is 3. The molecule has 0 bridgehead atoms. The lowest BCUT2D eigenvalue weighted by Crippen LogP contribution is -1.86. The van der Waals surface area contributed by atoms with Crippen molar-refractivity contribution in [3.05, 3.63) is 91.4 Å². The van der Waals surface area contributed by atoms with Gasteiger partial charge in [-0.2, -0.15) is 0 Å². The normalized spacial score (nSPS) is 9.97. The standard InChI is InChI=1S/3C10H9NO2.Al/c3*1-13-9-5-6-11-10-7(9)3-2-4-8(10)12;/h3*2-6,12H,1H3;. The van der Waals surface area contributed by atoms with E-state index in [4.69, 9.17) is 14.2 Å². The van der Waals surface area contributed by atoms with E-state index in [1.165, 1.54) is 0 Å². The number of benzene rings is 3. The largest absolute Gasteiger partial charge is 0.506 e. The highest BCUT2D eigenvalue weighted by Gasteiger charge is 2.06. The second-order valence-electron chi connectivity index (χ2n) is 8.06. The molecule has 0 saturated carbocycles. The van der Waals surface area contributed by atoms with E-state index in [1.807, 2.05) is 18.2 Å². The molecular formula is C30H27AlN3O6. The number of phenolic OH excluding ortho intramolecular Hbond substituents is 3. The van der Waals surface area contributed by atoms with Crippen LogP contribution in [-0.4, -0.2) is 69.0 Å². The third kappa shape index (κ3) is 6.43. The minimum atomic E-state index is 0. The average Bonchev–Trinajstić information content (AvgIpc) is 2.98. The van der Waals surface area contributed by atoms with Crippen LogP contribution < -0.4 is 14.2 Å². The van der Waals surface area contributed by atoms with Gasteiger partial charge in [-0.1, -0.05) is 18.2 Å². The summed E-state index contributed by atoms with van der Waals surface area (Å²) in [6.07, 6.45) is 4.84. The zero-order chi connectivity index (χ0) is 27.8. The van der Waals surface area contributed by atoms with Gasteiger partial charge < -0.3 is 29.5 Å². The van der Waals surface area contributed by atoms with Crippen LogP contribution in [0.2, 0.25) is 0 Å². The third-order valence-corrected chi connectivity index (χ3v) is 5.79. The smallest absolute Gasteiger partial charge is 0.141 e. The number of rotatable bonds is 3. The first-order chi connectivity index (χ1) is 19.0. The van der Waals surface area contributed by atoms with Gasteiger partial charge >= 0.3 is 0 Å². The molecule has 3 heterocycles. The lowest BCUT2D eigenvalue weighted by Gasteiger charge is -2.04. The quantitative estimate of drug-likeness (QED) is 0.245. The first-order valence-electron chi connectivity index (χ1n) is 11.8. The van der Waals surface area contributed by atoms with Gasteiger partial charge in [0.05, 0.1) is 21.3 Å². The van der Waals surface area contributed by atoms with Gasteiger partial charge in [-0.25, -0.2) is 0 Å². The van der Waals surface area contributed by atoms with Gasteiger partial charge in [-0.05, 0) is 54.6 Å². The lowest BCUT2D eigenvalue weighted by molar-refractivity contribution is 0.419. The molecule has 0 aliphatic heterocycles. The zero-order valence-corrected chi connectivity index (χ0v) is 23.3. The monoisotopic (exact) mass is 552 g/mol. The minimum absolute atomic E-state index is 0. The van der Waals surface area contributed by atoms with Crippen molar-refractivity contribution in [1.82, 2.24) is 15.0 Å². The number of hydrogen-bond acceptors (Lipinski definition) is 9. The lowest BCUT2D eigenvalue weighted by atomic mass is 10.2. The zero-order valence-electron chi connectivity index (χ0n) is 22.1. The van der Waals surface area contributed by atoms with Gasteiger partial charge in [0.2, 0.25) is 0 Å². The van der Waals surface area contributed by atoms with Crippen LogP contribution in [0.4, 0.5) is 0 Å². The van der Waals surface area contributed by atoms with Crippen molar-refractivity contribution in [2.75, 3.05) is 21.3 Å². The molecule has 0 unspecified atom stereocenters. The van der Waals surface area contributed by atoms with Crippen LogP contribution in [0, 0.1) is 0 Å². The van der Waals surface area contributed by atoms with Crippen LogP contribution in [0.15, 0.2) is 91.4 Å². The first-order valence-corrected chi connectivity index (χ1v) is 11.8. The Morgan fingerprint density at radius 1 is 0.450 bits per heavy atom. The van der Waals surface area contributed by atoms with Crippen LogP contribution >= 0.6 is 0 Å². The number of fused-ring (bicyclic) bond motifs is 3. The van der Waals surface area contributed by atoms with Gasteiger partial charge in [-0.3, -0.25) is 15.0 Å². The molecule has 0 atom stereocenters. The molecule has 0 aliphatic carbocycles. The summed E-state index contributed by atoms with van der Waals surface area (Å²) >= 11 is 0. The highest BCUT2D eigenvalue weighted by molar-refractivity contribution is 5.90. The van der Waals surface area contributed by atoms with E-state index in [0.29, 0.717) is 16.6 Å². The summed E-state index contributed by atoms with van der Waals surface area (Å²) < 4.78 is 15.4. The van der Waals surface area contributed by atoms with Gasteiger partial charge in [0.1, 0.15) is 51.0 Å². The van der Waals surface area contributed by atoms with Crippen molar-refractivity contribution >= 4 is 50.1 Å². The summed E-state index contributed by atoms with van der Waals surface area (Å²) in [7, 11) is 4.79. The van der Waals surface area contributed by atoms with E-state index in [1.54, 1.807) is 94.5 Å². The molecule has 0 aliphatic rings. The summed E-state index contributed by atoms with van der Waals surface area (Å²) in [5.41, 5.74) is 1.71. The molecule has 9 nitrogen and oxygen atoms in total. The van der Waals surface area contributed by atoms with Crippen molar-refractivity contribution < 1.29 is 29.5 Å². The number of ether oxygens (including phenoxy) is 3. The molecule has 3 aromatic heterocycles. The Hall–Kier alpha value is -4.78. The third-order valence-electron chi connectivity index (χ3n) is 5.79. The van der Waals surface area contributed by atoms with Crippen LogP contribution in [-0.2, 0) is 0 Å². The van der Waals surface area contributed by atoms with E-state index >= 15 is 0 Å². The summed E-state index contributed by atoms with van der Waals surface area (Å²) in [6, 6.07) is 21.0. The fourth-order valence-electron chi connectivity index (χ4n) is 3.94. The molecule has 0 amide bonds. The Kier molecular flexibility index (Phi) is 10.3. The maximum Gasteiger partial charge on any atom is 0.141 e. The van der Waals surface area contributed by atoms with Crippen molar-refractivity contribution in [3.63, 3.8) is 0 Å². The van der Waals surface area contributed by atoms with E-state index < -0.39 is 0 Å². The highest BCUT2D eigenvalue weighted by atomic mass is 27.0. The molecule has 3 aromatic carbocycles. The van der Waals surface area contributed by atoms with E-state index in [9.17, 15) is 15.3 Å². The molecule has 0 fully saturated rings. The van der Waals surface area contributed by atoms with Gasteiger partial charge in [-0.15, -0.1) is 0 Å². The Balaban J connectivity index is 0.000000163. The molecule has 10 heteroatoms. The highest BCUT2D eigenvalue weighted by Crippen LogP contribution is 2.30. The maximum absolute atomic E-state index is 9.47. The van der Waals surface area contributed by atoms with Crippen LogP contribution in [0.5, 0.6) is 34.5 Å². The molecule has 6 rings (SSSR count). The van der Waals surface area contributed by atoms with Crippen molar-refractivity contribution in [2.24, 2.45) is 0 Å². The van der Waals surface area contributed by atoms with Gasteiger partial charge in [0.15, 0.2) is 0 Å². The van der Waals surface area contributed by atoms with Crippen LogP contribution in [0.25, 0.3) is 32.7 Å². The number of aromatic hydroxyl groups is 3. The molecule has 0 spiro atoms. The Bertz CT molecular complexity index is 1530. The van der Waals surface area contributed by atoms with Crippen LogP contribution in [0.3, 0.4) is 0 Å². The molecular weight excluding hydrogens is 525 g/mol. The fourth-order valence-corrected chi connectivity index (χ4v) is 3.94. The summed E-state index contributed by atoms with van der Waals surface area (Å²) in [5, 5.41) is 30.9. The second-order valence-corrected chi connectivity index (χ2v) is 8.06. The maximum atomic E-state index is 9.47. The van der Waals surface area contributed by atoms with Crippen molar-refractivity contribution in [3.8, 4) is 34.5 Å². The van der Waals surface area contributed by atoms with E-state index in [-0.39, 0.29) is 34.6 Å². The SMILES string of the molecule is COc1ccnc2c(O)cccc12.COc1ccnc2c(O)cccc12.COc1ccnc2c(O)cccc12.[Al]. The van der Waals surface area contributed by atoms with Crippen molar-refractivity contribution in [2.45, 2.75) is 0 Å². The number of phenols is 3. The predicted molar refractivity (Wildman–Crippen MR) is 156 cm³/mol. The Morgan fingerprint density at radius 2 is 0.725 bits per heavy atom. The molecule has 3 N–H and O–H groups in total. The van der Waals surface area contributed by atoms with E-state index in [0.717, 1.165) is 33.4 Å². The molecule has 201 valence electrons. The minimum Gasteiger partial charge on any atom is -0.506 e. The number of hydrogen-bond donors (Lipinski definition) is 3. The summed E-state index contributed by atoms with van der Waals surface area (Å²) in [4.78, 5) is 12.2. The first kappa shape index (κ1) is 29.8. The van der Waals surface area contributed by atoms with Gasteiger partial charge in [0, 0.05) is 52.1 Å². The Labute approximate surface area is 241 Å². The number of para-hydroxylation sites is 3. The average molecular weight is 553 g/mol. The summed E-state index contributed by atoms with van der Waals surface area (Å²) in [5.74, 6) is 2.70. The van der Waals surface area contributed by atoms with E-state index in [2.05, 4.69) is 15.0 Å².